The van der Waals surface area contributed by atoms with E-state index in [9.17, 15) is 19.5 Å². The van der Waals surface area contributed by atoms with Crippen molar-refractivity contribution in [3.8, 4) is 0 Å². The van der Waals surface area contributed by atoms with Gasteiger partial charge in [0.15, 0.2) is 0 Å². The maximum atomic E-state index is 12.2. The lowest BCUT2D eigenvalue weighted by atomic mass is 9.97. The maximum Gasteiger partial charge on any atom is 0.331 e. The molecule has 1 aromatic rings. The molecule has 1 saturated heterocycles. The normalized spacial score (nSPS) is 22.9. The van der Waals surface area contributed by atoms with Crippen LogP contribution in [0, 0.1) is 5.92 Å². The van der Waals surface area contributed by atoms with E-state index in [0.29, 0.717) is 19.5 Å². The lowest BCUT2D eigenvalue weighted by Gasteiger charge is -2.34. The van der Waals surface area contributed by atoms with Crippen molar-refractivity contribution in [3.05, 3.63) is 33.1 Å². The third kappa shape index (κ3) is 2.82. The van der Waals surface area contributed by atoms with Crippen molar-refractivity contribution in [3.63, 3.8) is 0 Å². The van der Waals surface area contributed by atoms with Gasteiger partial charge in [-0.2, -0.15) is 0 Å². The third-order valence-electron chi connectivity index (χ3n) is 3.78. The Morgan fingerprint density at radius 3 is 2.80 bits per heavy atom. The van der Waals surface area contributed by atoms with E-state index in [0.717, 1.165) is 4.57 Å². The van der Waals surface area contributed by atoms with E-state index in [1.807, 2.05) is 6.92 Å². The van der Waals surface area contributed by atoms with Crippen LogP contribution in [-0.2, 0) is 18.4 Å². The van der Waals surface area contributed by atoms with Crippen molar-refractivity contribution in [2.45, 2.75) is 26.0 Å². The van der Waals surface area contributed by atoms with Crippen molar-refractivity contribution in [2.75, 3.05) is 13.1 Å². The fraction of sp³-hybridized carbons (Fsp3) is 0.615. The summed E-state index contributed by atoms with van der Waals surface area (Å²) < 4.78 is 2.19. The van der Waals surface area contributed by atoms with E-state index in [-0.39, 0.29) is 24.5 Å². The molecule has 0 saturated carbocycles. The number of aliphatic hydroxyl groups is 1. The number of amides is 1. The Morgan fingerprint density at radius 1 is 1.45 bits per heavy atom. The molecule has 0 aliphatic carbocycles. The summed E-state index contributed by atoms with van der Waals surface area (Å²) >= 11 is 0. The van der Waals surface area contributed by atoms with Crippen LogP contribution in [0.3, 0.4) is 0 Å². The molecule has 0 spiro atoms. The SMILES string of the molecule is CC1CN(C(=O)Cn2ccc(=O)n(C)c2=O)CCC1O. The molecule has 0 aromatic carbocycles. The molecule has 1 aliphatic heterocycles. The Bertz CT molecular complexity index is 619. The summed E-state index contributed by atoms with van der Waals surface area (Å²) in [6, 6.07) is 1.26. The number of aliphatic hydroxyl groups excluding tert-OH is 1. The zero-order chi connectivity index (χ0) is 14.9. The van der Waals surface area contributed by atoms with Gasteiger partial charge in [-0.3, -0.25) is 18.7 Å². The lowest BCUT2D eigenvalue weighted by Crippen LogP contribution is -2.47. The van der Waals surface area contributed by atoms with Crippen molar-refractivity contribution < 1.29 is 9.90 Å². The fourth-order valence-electron chi connectivity index (χ4n) is 2.34. The van der Waals surface area contributed by atoms with Gasteiger partial charge in [-0.05, 0) is 12.3 Å². The van der Waals surface area contributed by atoms with Crippen LogP contribution in [-0.4, -0.2) is 44.2 Å². The molecular weight excluding hydrogens is 262 g/mol. The monoisotopic (exact) mass is 281 g/mol. The summed E-state index contributed by atoms with van der Waals surface area (Å²) in [4.78, 5) is 36.9. The predicted octanol–water partition coefficient (Wildman–Crippen LogP) is -1.22. The Morgan fingerprint density at radius 2 is 2.15 bits per heavy atom. The number of likely N-dealkylation sites (tertiary alicyclic amines) is 1. The number of nitrogens with zero attached hydrogens (tertiary/aromatic N) is 3. The molecule has 2 atom stereocenters. The summed E-state index contributed by atoms with van der Waals surface area (Å²) in [7, 11) is 1.38. The molecule has 2 heterocycles. The van der Waals surface area contributed by atoms with Gasteiger partial charge in [0, 0.05) is 32.4 Å². The maximum absolute atomic E-state index is 12.2. The lowest BCUT2D eigenvalue weighted by molar-refractivity contribution is -0.135. The second kappa shape index (κ2) is 5.62. The first-order chi connectivity index (χ1) is 9.40. The second-order valence-corrected chi connectivity index (χ2v) is 5.30. The summed E-state index contributed by atoms with van der Waals surface area (Å²) in [5.74, 6) is -0.144. The summed E-state index contributed by atoms with van der Waals surface area (Å²) in [5.41, 5.74) is -0.899. The number of piperidine rings is 1. The molecule has 1 amide bonds. The van der Waals surface area contributed by atoms with Crippen molar-refractivity contribution in [2.24, 2.45) is 13.0 Å². The second-order valence-electron chi connectivity index (χ2n) is 5.30. The molecule has 1 fully saturated rings. The molecule has 0 bridgehead atoms. The van der Waals surface area contributed by atoms with E-state index in [1.54, 1.807) is 4.90 Å². The summed E-state index contributed by atoms with van der Waals surface area (Å²) in [6.07, 6.45) is 1.51. The highest BCUT2D eigenvalue weighted by atomic mass is 16.3. The minimum Gasteiger partial charge on any atom is -0.393 e. The van der Waals surface area contributed by atoms with E-state index in [2.05, 4.69) is 0 Å². The summed E-state index contributed by atoms with van der Waals surface area (Å²) in [5, 5.41) is 9.65. The van der Waals surface area contributed by atoms with Gasteiger partial charge in [-0.1, -0.05) is 6.92 Å². The zero-order valence-corrected chi connectivity index (χ0v) is 11.7. The number of hydrogen-bond donors (Lipinski definition) is 1. The smallest absolute Gasteiger partial charge is 0.331 e. The van der Waals surface area contributed by atoms with Crippen LogP contribution >= 0.6 is 0 Å². The average Bonchev–Trinajstić information content (AvgIpc) is 2.42. The number of aromatic nitrogens is 2. The Labute approximate surface area is 116 Å². The molecule has 1 aliphatic rings. The van der Waals surface area contributed by atoms with E-state index in [1.165, 1.54) is 23.9 Å². The van der Waals surface area contributed by atoms with Crippen LogP contribution in [0.2, 0.25) is 0 Å². The molecule has 2 rings (SSSR count). The Kier molecular flexibility index (Phi) is 4.08. The number of rotatable bonds is 2. The fourth-order valence-corrected chi connectivity index (χ4v) is 2.34. The molecule has 20 heavy (non-hydrogen) atoms. The van der Waals surface area contributed by atoms with Gasteiger partial charge in [0.2, 0.25) is 5.91 Å². The Hall–Kier alpha value is -1.89. The van der Waals surface area contributed by atoms with Crippen LogP contribution in [0.4, 0.5) is 0 Å². The van der Waals surface area contributed by atoms with Gasteiger partial charge >= 0.3 is 5.69 Å². The predicted molar refractivity (Wildman–Crippen MR) is 72.3 cm³/mol. The quantitative estimate of drug-likeness (QED) is 0.736. The van der Waals surface area contributed by atoms with E-state index < -0.39 is 11.2 Å². The van der Waals surface area contributed by atoms with Gasteiger partial charge in [-0.15, -0.1) is 0 Å². The molecule has 1 N–H and O–H groups in total. The van der Waals surface area contributed by atoms with E-state index >= 15 is 0 Å². The first-order valence-electron chi connectivity index (χ1n) is 6.62. The van der Waals surface area contributed by atoms with Gasteiger partial charge < -0.3 is 10.0 Å². The molecule has 0 radical (unpaired) electrons. The average molecular weight is 281 g/mol. The van der Waals surface area contributed by atoms with Crippen LogP contribution in [0.1, 0.15) is 13.3 Å². The van der Waals surface area contributed by atoms with Crippen molar-refractivity contribution >= 4 is 5.91 Å². The van der Waals surface area contributed by atoms with Gasteiger partial charge in [0.25, 0.3) is 5.56 Å². The zero-order valence-electron chi connectivity index (χ0n) is 11.7. The molecule has 1 aromatic heterocycles. The van der Waals surface area contributed by atoms with Gasteiger partial charge in [0.1, 0.15) is 6.54 Å². The van der Waals surface area contributed by atoms with Crippen LogP contribution in [0.5, 0.6) is 0 Å². The van der Waals surface area contributed by atoms with Gasteiger partial charge in [-0.25, -0.2) is 4.79 Å². The highest BCUT2D eigenvalue weighted by Crippen LogP contribution is 2.16. The Balaban J connectivity index is 2.11. The largest absolute Gasteiger partial charge is 0.393 e. The third-order valence-corrected chi connectivity index (χ3v) is 3.78. The van der Waals surface area contributed by atoms with Crippen molar-refractivity contribution in [1.82, 2.24) is 14.0 Å². The minimum absolute atomic E-state index is 0.0320. The summed E-state index contributed by atoms with van der Waals surface area (Å²) in [6.45, 7) is 2.78. The number of hydrogen-bond acceptors (Lipinski definition) is 4. The standard InChI is InChI=1S/C13H19N3O4/c1-9-7-15(5-3-10(9)17)12(19)8-16-6-4-11(18)14(2)13(16)20/h4,6,9-10,17H,3,5,7-8H2,1-2H3. The van der Waals surface area contributed by atoms with Gasteiger partial charge in [0.05, 0.1) is 6.10 Å². The molecule has 7 nitrogen and oxygen atoms in total. The van der Waals surface area contributed by atoms with Crippen LogP contribution in [0.25, 0.3) is 0 Å². The highest BCUT2D eigenvalue weighted by Gasteiger charge is 2.27. The van der Waals surface area contributed by atoms with Crippen molar-refractivity contribution in [1.29, 1.82) is 0 Å². The minimum atomic E-state index is -0.504. The first-order valence-corrected chi connectivity index (χ1v) is 6.62. The molecule has 110 valence electrons. The topological polar surface area (TPSA) is 84.5 Å². The van der Waals surface area contributed by atoms with E-state index in [4.69, 9.17) is 0 Å². The molecule has 7 heteroatoms. The van der Waals surface area contributed by atoms with Crippen LogP contribution < -0.4 is 11.2 Å². The van der Waals surface area contributed by atoms with Crippen LogP contribution in [0.15, 0.2) is 21.9 Å². The molecule has 2 unspecified atom stereocenters. The first kappa shape index (κ1) is 14.5. The number of carbonyl (C=O) groups is 1. The highest BCUT2D eigenvalue weighted by molar-refractivity contribution is 5.76. The molecular formula is C13H19N3O4. The number of carbonyl (C=O) groups excluding carboxylic acids is 1.